The van der Waals surface area contributed by atoms with Crippen molar-refractivity contribution in [3.63, 3.8) is 0 Å². The van der Waals surface area contributed by atoms with Gasteiger partial charge in [-0.1, -0.05) is 12.6 Å². The summed E-state index contributed by atoms with van der Waals surface area (Å²) in [6, 6.07) is 3.75. The molecule has 0 aliphatic carbocycles. The molecule has 0 unspecified atom stereocenters. The Morgan fingerprint density at radius 1 is 1.11 bits per heavy atom. The number of amides is 1. The summed E-state index contributed by atoms with van der Waals surface area (Å²) in [5, 5.41) is -0.803. The van der Waals surface area contributed by atoms with E-state index in [-0.39, 0.29) is 48.0 Å². The van der Waals surface area contributed by atoms with Gasteiger partial charge in [0.05, 0.1) is 22.2 Å². The predicted octanol–water partition coefficient (Wildman–Crippen LogP) is 3.92. The lowest BCUT2D eigenvalue weighted by Crippen LogP contribution is -2.54. The second-order valence-electron chi connectivity index (χ2n) is 11.0. The van der Waals surface area contributed by atoms with Gasteiger partial charge in [-0.25, -0.2) is 40.8 Å². The zero-order chi connectivity index (χ0) is 34.6. The van der Waals surface area contributed by atoms with E-state index >= 15 is 8.78 Å². The first-order chi connectivity index (χ1) is 22.0. The van der Waals surface area contributed by atoms with E-state index in [0.717, 1.165) is 27.1 Å². The maximum absolute atomic E-state index is 16.0. The molecule has 1 aromatic carbocycles. The Balaban J connectivity index is 1.90. The molecule has 1 aliphatic rings. The Hall–Kier alpha value is -4.77. The van der Waals surface area contributed by atoms with Gasteiger partial charge in [0.25, 0.3) is 10.0 Å². The fourth-order valence-electron chi connectivity index (χ4n) is 5.46. The average Bonchev–Trinajstić information content (AvgIpc) is 3.00. The molecule has 4 aromatic rings. The van der Waals surface area contributed by atoms with Gasteiger partial charge in [-0.3, -0.25) is 4.79 Å². The average molecular weight is 678 g/mol. The fourth-order valence-corrected chi connectivity index (χ4v) is 6.50. The van der Waals surface area contributed by atoms with Gasteiger partial charge in [0.2, 0.25) is 5.91 Å². The van der Waals surface area contributed by atoms with Crippen molar-refractivity contribution in [3.05, 3.63) is 82.4 Å². The number of anilines is 1. The number of aromatic nitrogens is 4. The number of hydrogen-bond acceptors (Lipinski definition) is 8. The number of fused-ring (bicyclic) bond motifs is 1. The predicted molar refractivity (Wildman–Crippen MR) is 162 cm³/mol. The van der Waals surface area contributed by atoms with Gasteiger partial charge in [-0.2, -0.15) is 18.2 Å². The molecule has 0 saturated carbocycles. The second-order valence-corrected chi connectivity index (χ2v) is 13.1. The van der Waals surface area contributed by atoms with Crippen LogP contribution in [0.5, 0.6) is 0 Å². The van der Waals surface area contributed by atoms with Gasteiger partial charge in [-0.05, 0) is 49.8 Å². The van der Waals surface area contributed by atoms with Crippen molar-refractivity contribution in [2.45, 2.75) is 31.1 Å². The number of alkyl halides is 3. The van der Waals surface area contributed by atoms with Crippen LogP contribution in [0, 0.1) is 18.6 Å². The van der Waals surface area contributed by atoms with Crippen LogP contribution in [0.2, 0.25) is 0 Å². The highest BCUT2D eigenvalue weighted by Crippen LogP contribution is 2.40. The molecular weight excluding hydrogens is 649 g/mol. The highest BCUT2D eigenvalue weighted by molar-refractivity contribution is 7.89. The molecular formula is C30H28F5N7O4S. The van der Waals surface area contributed by atoms with E-state index in [2.05, 4.69) is 21.5 Å². The minimum Gasteiger partial charge on any atom is -0.350 e. The van der Waals surface area contributed by atoms with Crippen molar-refractivity contribution in [1.82, 2.24) is 28.7 Å². The Bertz CT molecular complexity index is 2100. The molecule has 0 radical (unpaired) electrons. The van der Waals surface area contributed by atoms with E-state index in [1.54, 1.807) is 11.8 Å². The van der Waals surface area contributed by atoms with Gasteiger partial charge < -0.3 is 9.80 Å². The van der Waals surface area contributed by atoms with E-state index in [0.29, 0.717) is 12.1 Å². The van der Waals surface area contributed by atoms with Crippen LogP contribution in [0.4, 0.5) is 27.8 Å². The van der Waals surface area contributed by atoms with Crippen LogP contribution in [0.15, 0.2) is 59.0 Å². The molecule has 5 rings (SSSR count). The molecule has 3 aromatic heterocycles. The van der Waals surface area contributed by atoms with Gasteiger partial charge in [0, 0.05) is 46.0 Å². The van der Waals surface area contributed by atoms with Crippen molar-refractivity contribution < 1.29 is 35.2 Å². The number of aryl methyl sites for hydroxylation is 1. The molecule has 17 heteroatoms. The standard InChI is InChI=1S/C30H28F5N7O4S/c1-6-22(43)40-12-13-41(17(3)15-40)26-18-14-21(32)24(23-19(30(33,34)35)8-7-9-20(23)31)37-27(18)42(29(44)38-26)25-16(2)10-11-36-28(25)47(45,46)39(4)5/h6-11,14,17H,1,12-13,15H2,2-5H3/t17-/m0/s1. The monoisotopic (exact) mass is 677 g/mol. The topological polar surface area (TPSA) is 122 Å². The van der Waals surface area contributed by atoms with Gasteiger partial charge in [0.15, 0.2) is 16.5 Å². The van der Waals surface area contributed by atoms with Crippen molar-refractivity contribution in [2.75, 3.05) is 38.6 Å². The summed E-state index contributed by atoms with van der Waals surface area (Å²) in [6.07, 6.45) is -2.79. The van der Waals surface area contributed by atoms with E-state index in [1.165, 1.54) is 38.2 Å². The summed E-state index contributed by atoms with van der Waals surface area (Å²) in [5.41, 5.74) is -5.57. The molecule has 4 heterocycles. The largest absolute Gasteiger partial charge is 0.417 e. The van der Waals surface area contributed by atoms with Crippen LogP contribution in [0.3, 0.4) is 0 Å². The van der Waals surface area contributed by atoms with E-state index in [1.807, 2.05) is 0 Å². The number of carbonyl (C=O) groups excluding carboxylic acids is 1. The Morgan fingerprint density at radius 2 is 1.81 bits per heavy atom. The molecule has 47 heavy (non-hydrogen) atoms. The fraction of sp³-hybridized carbons (Fsp3) is 0.300. The lowest BCUT2D eigenvalue weighted by Gasteiger charge is -2.40. The summed E-state index contributed by atoms with van der Waals surface area (Å²) >= 11 is 0. The summed E-state index contributed by atoms with van der Waals surface area (Å²) in [4.78, 5) is 41.6. The maximum atomic E-state index is 16.0. The summed E-state index contributed by atoms with van der Waals surface area (Å²) in [6.45, 7) is 7.07. The number of sulfonamides is 1. The SMILES string of the molecule is C=CC(=O)N1CCN(c2nc(=O)n(-c3c(C)ccnc3S(=O)(=O)N(C)C)c3nc(-c4c(F)cccc4C(F)(F)F)c(F)cc23)[C@@H](C)C1. The van der Waals surface area contributed by atoms with Crippen LogP contribution >= 0.6 is 0 Å². The van der Waals surface area contributed by atoms with Crippen molar-refractivity contribution in [1.29, 1.82) is 0 Å². The Morgan fingerprint density at radius 3 is 2.43 bits per heavy atom. The zero-order valence-electron chi connectivity index (χ0n) is 25.5. The minimum absolute atomic E-state index is 0.105. The van der Waals surface area contributed by atoms with Crippen molar-refractivity contribution in [3.8, 4) is 16.9 Å². The first-order valence-electron chi connectivity index (χ1n) is 14.0. The lowest BCUT2D eigenvalue weighted by atomic mass is 10.0. The summed E-state index contributed by atoms with van der Waals surface area (Å²) in [5.74, 6) is -3.26. The van der Waals surface area contributed by atoms with E-state index in [9.17, 15) is 31.2 Å². The minimum atomic E-state index is -5.12. The number of carbonyl (C=O) groups is 1. The van der Waals surface area contributed by atoms with Crippen molar-refractivity contribution in [2.24, 2.45) is 0 Å². The molecule has 0 bridgehead atoms. The van der Waals surface area contributed by atoms with Crippen LogP contribution in [-0.4, -0.2) is 82.8 Å². The molecule has 11 nitrogen and oxygen atoms in total. The third kappa shape index (κ3) is 5.84. The third-order valence-corrected chi connectivity index (χ3v) is 9.53. The number of pyridine rings is 2. The van der Waals surface area contributed by atoms with E-state index < -0.39 is 67.1 Å². The third-order valence-electron chi connectivity index (χ3n) is 7.78. The first kappa shape index (κ1) is 33.6. The zero-order valence-corrected chi connectivity index (χ0v) is 26.3. The van der Waals surface area contributed by atoms with Crippen LogP contribution < -0.4 is 10.6 Å². The molecule has 0 spiro atoms. The second kappa shape index (κ2) is 12.1. The van der Waals surface area contributed by atoms with Crippen LogP contribution in [-0.2, 0) is 21.0 Å². The molecule has 1 aliphatic heterocycles. The molecule has 0 N–H and O–H groups in total. The van der Waals surface area contributed by atoms with Crippen molar-refractivity contribution >= 4 is 32.8 Å². The highest BCUT2D eigenvalue weighted by Gasteiger charge is 2.37. The lowest BCUT2D eigenvalue weighted by molar-refractivity contribution is -0.137. The highest BCUT2D eigenvalue weighted by atomic mass is 32.2. The van der Waals surface area contributed by atoms with Crippen LogP contribution in [0.1, 0.15) is 18.1 Å². The molecule has 1 amide bonds. The first-order valence-corrected chi connectivity index (χ1v) is 15.5. The number of nitrogens with zero attached hydrogens (tertiary/aromatic N) is 7. The van der Waals surface area contributed by atoms with Gasteiger partial charge >= 0.3 is 11.9 Å². The number of benzene rings is 1. The molecule has 1 atom stereocenters. The molecule has 248 valence electrons. The Labute approximate surface area is 265 Å². The Kier molecular flexibility index (Phi) is 8.65. The molecule has 1 saturated heterocycles. The summed E-state index contributed by atoms with van der Waals surface area (Å²) in [7, 11) is -1.90. The quantitative estimate of drug-likeness (QED) is 0.223. The maximum Gasteiger partial charge on any atom is 0.417 e. The number of rotatable bonds is 6. The van der Waals surface area contributed by atoms with Crippen LogP contribution in [0.25, 0.3) is 28.0 Å². The smallest absolute Gasteiger partial charge is 0.350 e. The molecule has 1 fully saturated rings. The summed E-state index contributed by atoms with van der Waals surface area (Å²) < 4.78 is 102. The van der Waals surface area contributed by atoms with Gasteiger partial charge in [-0.15, -0.1) is 0 Å². The number of hydrogen-bond donors (Lipinski definition) is 0. The normalized spacial score (nSPS) is 15.8. The van der Waals surface area contributed by atoms with Gasteiger partial charge in [0.1, 0.15) is 17.3 Å². The number of piperazine rings is 1. The number of halogens is 5. The van der Waals surface area contributed by atoms with E-state index in [4.69, 9.17) is 0 Å².